The lowest BCUT2D eigenvalue weighted by atomic mass is 10.2. The molecule has 2 aromatic carbocycles. The van der Waals surface area contributed by atoms with E-state index in [2.05, 4.69) is 15.4 Å². The molecule has 0 atom stereocenters. The minimum Gasteiger partial charge on any atom is -0.494 e. The largest absolute Gasteiger partial charge is 0.494 e. The van der Waals surface area contributed by atoms with E-state index in [-0.39, 0.29) is 17.4 Å². The van der Waals surface area contributed by atoms with Gasteiger partial charge in [-0.15, -0.1) is 0 Å². The van der Waals surface area contributed by atoms with Gasteiger partial charge in [0.05, 0.1) is 18.1 Å². The maximum Gasteiger partial charge on any atom is 0.227 e. The van der Waals surface area contributed by atoms with Gasteiger partial charge in [-0.1, -0.05) is 23.7 Å². The summed E-state index contributed by atoms with van der Waals surface area (Å²) in [6, 6.07) is 12.0. The number of carbonyl (C=O) groups excluding carboxylic acids is 1. The Morgan fingerprint density at radius 2 is 2.07 bits per heavy atom. The highest BCUT2D eigenvalue weighted by Gasteiger charge is 2.15. The molecule has 0 spiro atoms. The molecule has 3 aromatic rings. The number of nitrogens with zero attached hydrogens (tertiary/aromatic N) is 3. The molecule has 0 aliphatic carbocycles. The number of hydrogen-bond acceptors (Lipinski definition) is 4. The predicted molar refractivity (Wildman–Crippen MR) is 109 cm³/mol. The Morgan fingerprint density at radius 3 is 2.79 bits per heavy atom. The fourth-order valence-electron chi connectivity index (χ4n) is 2.83. The first-order chi connectivity index (χ1) is 14.0. The van der Waals surface area contributed by atoms with Gasteiger partial charge in [0.15, 0.2) is 5.82 Å². The summed E-state index contributed by atoms with van der Waals surface area (Å²) >= 11 is 5.73. The highest BCUT2D eigenvalue weighted by molar-refractivity contribution is 6.30. The number of benzene rings is 2. The second kappa shape index (κ2) is 9.52. The topological polar surface area (TPSA) is 69.0 Å². The number of halogens is 2. The zero-order chi connectivity index (χ0) is 20.8. The molecule has 0 fully saturated rings. The molecule has 1 amide bonds. The van der Waals surface area contributed by atoms with Gasteiger partial charge in [0, 0.05) is 18.7 Å². The Morgan fingerprint density at radius 1 is 1.24 bits per heavy atom. The van der Waals surface area contributed by atoms with Gasteiger partial charge in [-0.3, -0.25) is 4.79 Å². The molecule has 8 heteroatoms. The molecule has 1 N–H and O–H groups in total. The van der Waals surface area contributed by atoms with Crippen LogP contribution in [0.1, 0.15) is 25.2 Å². The van der Waals surface area contributed by atoms with Crippen LogP contribution >= 0.6 is 11.6 Å². The smallest absolute Gasteiger partial charge is 0.227 e. The minimum atomic E-state index is -0.536. The van der Waals surface area contributed by atoms with E-state index in [9.17, 15) is 9.18 Å². The fourth-order valence-corrected chi connectivity index (χ4v) is 2.95. The van der Waals surface area contributed by atoms with E-state index in [0.29, 0.717) is 36.9 Å². The van der Waals surface area contributed by atoms with Crippen LogP contribution in [-0.2, 0) is 24.3 Å². The van der Waals surface area contributed by atoms with Crippen LogP contribution in [0.3, 0.4) is 0 Å². The summed E-state index contributed by atoms with van der Waals surface area (Å²) in [6.07, 6.45) is 0.0715. The first-order valence-electron chi connectivity index (χ1n) is 9.37. The molecule has 0 unspecified atom stereocenters. The number of aryl methyl sites for hydroxylation is 1. The molecule has 0 radical (unpaired) electrons. The highest BCUT2D eigenvalue weighted by Crippen LogP contribution is 2.22. The molecule has 1 aromatic heterocycles. The molecular formula is C21H22ClFN4O2. The second-order valence-corrected chi connectivity index (χ2v) is 6.74. The zero-order valence-corrected chi connectivity index (χ0v) is 17.0. The molecule has 0 bridgehead atoms. The van der Waals surface area contributed by atoms with Crippen LogP contribution < -0.4 is 10.1 Å². The molecule has 0 saturated carbocycles. The van der Waals surface area contributed by atoms with Crippen molar-refractivity contribution in [3.8, 4) is 17.1 Å². The third kappa shape index (κ3) is 5.32. The van der Waals surface area contributed by atoms with Crippen LogP contribution in [-0.4, -0.2) is 27.3 Å². The van der Waals surface area contributed by atoms with Gasteiger partial charge in [-0.05, 0) is 49.7 Å². The van der Waals surface area contributed by atoms with E-state index in [1.54, 1.807) is 10.7 Å². The number of aromatic nitrogens is 3. The van der Waals surface area contributed by atoms with Gasteiger partial charge in [-0.2, -0.15) is 5.10 Å². The summed E-state index contributed by atoms with van der Waals surface area (Å²) in [7, 11) is 0. The summed E-state index contributed by atoms with van der Waals surface area (Å²) < 4.78 is 20.8. The molecule has 0 saturated heterocycles. The number of amides is 1. The van der Waals surface area contributed by atoms with Crippen molar-refractivity contribution in [2.75, 3.05) is 6.61 Å². The maximum absolute atomic E-state index is 13.7. The van der Waals surface area contributed by atoms with Crippen LogP contribution in [0.15, 0.2) is 42.5 Å². The monoisotopic (exact) mass is 416 g/mol. The van der Waals surface area contributed by atoms with E-state index in [1.807, 2.05) is 38.1 Å². The minimum absolute atomic E-state index is 0.0386. The Hall–Kier alpha value is -2.93. The lowest BCUT2D eigenvalue weighted by Gasteiger charge is -2.08. The molecule has 1 heterocycles. The quantitative estimate of drug-likeness (QED) is 0.602. The van der Waals surface area contributed by atoms with Crippen LogP contribution in [0.4, 0.5) is 4.39 Å². The number of ether oxygens (including phenoxy) is 1. The Balaban J connectivity index is 1.67. The molecule has 3 rings (SSSR count). The Bertz CT molecular complexity index is 1010. The van der Waals surface area contributed by atoms with E-state index >= 15 is 0 Å². The Kier molecular flexibility index (Phi) is 6.82. The van der Waals surface area contributed by atoms with Crippen molar-refractivity contribution < 1.29 is 13.9 Å². The van der Waals surface area contributed by atoms with Crippen molar-refractivity contribution >= 4 is 17.5 Å². The van der Waals surface area contributed by atoms with Gasteiger partial charge in [-0.25, -0.2) is 14.1 Å². The Labute approximate surface area is 173 Å². The average molecular weight is 417 g/mol. The van der Waals surface area contributed by atoms with Crippen LogP contribution in [0.5, 0.6) is 5.75 Å². The normalized spacial score (nSPS) is 10.8. The molecular weight excluding hydrogens is 395 g/mol. The standard InChI is InChI=1S/C21H22ClFN4O2/c1-3-27-19(25-21(26-27)15-8-9-17(22)18(23)11-15)12-20(28)24-13-14-6-5-7-16(10-14)29-4-2/h5-11H,3-4,12-13H2,1-2H3,(H,24,28). The number of nitrogens with one attached hydrogen (secondary N) is 1. The van der Waals surface area contributed by atoms with Crippen LogP contribution in [0, 0.1) is 5.82 Å². The van der Waals surface area contributed by atoms with E-state index in [4.69, 9.17) is 16.3 Å². The second-order valence-electron chi connectivity index (χ2n) is 6.33. The number of rotatable bonds is 8. The van der Waals surface area contributed by atoms with Crippen LogP contribution in [0.25, 0.3) is 11.4 Å². The summed E-state index contributed by atoms with van der Waals surface area (Å²) in [4.78, 5) is 16.8. The van der Waals surface area contributed by atoms with Crippen molar-refractivity contribution in [1.29, 1.82) is 0 Å². The highest BCUT2D eigenvalue weighted by atomic mass is 35.5. The molecule has 0 aliphatic heterocycles. The van der Waals surface area contributed by atoms with Crippen molar-refractivity contribution in [3.05, 3.63) is 64.7 Å². The van der Waals surface area contributed by atoms with E-state index in [1.165, 1.54) is 12.1 Å². The van der Waals surface area contributed by atoms with Crippen molar-refractivity contribution in [3.63, 3.8) is 0 Å². The van der Waals surface area contributed by atoms with Crippen molar-refractivity contribution in [2.24, 2.45) is 0 Å². The van der Waals surface area contributed by atoms with Gasteiger partial charge in [0.25, 0.3) is 0 Å². The predicted octanol–water partition coefficient (Wildman–Crippen LogP) is 4.02. The van der Waals surface area contributed by atoms with Crippen LogP contribution in [0.2, 0.25) is 5.02 Å². The first-order valence-corrected chi connectivity index (χ1v) is 9.75. The summed E-state index contributed by atoms with van der Waals surface area (Å²) in [5.41, 5.74) is 1.45. The van der Waals surface area contributed by atoms with Gasteiger partial charge in [0.2, 0.25) is 5.91 Å². The molecule has 152 valence electrons. The van der Waals surface area contributed by atoms with Crippen molar-refractivity contribution in [1.82, 2.24) is 20.1 Å². The first kappa shape index (κ1) is 20.8. The lowest BCUT2D eigenvalue weighted by Crippen LogP contribution is -2.26. The summed E-state index contributed by atoms with van der Waals surface area (Å²) in [6.45, 7) is 5.34. The fraction of sp³-hybridized carbons (Fsp3) is 0.286. The molecule has 6 nitrogen and oxygen atoms in total. The van der Waals surface area contributed by atoms with E-state index in [0.717, 1.165) is 11.3 Å². The molecule has 0 aliphatic rings. The average Bonchev–Trinajstić information content (AvgIpc) is 3.12. The third-order valence-electron chi connectivity index (χ3n) is 4.24. The lowest BCUT2D eigenvalue weighted by molar-refractivity contribution is -0.120. The number of hydrogen-bond donors (Lipinski definition) is 1. The van der Waals surface area contributed by atoms with Gasteiger partial charge < -0.3 is 10.1 Å². The summed E-state index contributed by atoms with van der Waals surface area (Å²) in [5, 5.41) is 7.29. The van der Waals surface area contributed by atoms with Gasteiger partial charge >= 0.3 is 0 Å². The third-order valence-corrected chi connectivity index (χ3v) is 4.55. The van der Waals surface area contributed by atoms with Crippen molar-refractivity contribution in [2.45, 2.75) is 33.4 Å². The zero-order valence-electron chi connectivity index (χ0n) is 16.3. The van der Waals surface area contributed by atoms with Gasteiger partial charge in [0.1, 0.15) is 17.4 Å². The SMILES string of the molecule is CCOc1cccc(CNC(=O)Cc2nc(-c3ccc(Cl)c(F)c3)nn2CC)c1. The summed E-state index contributed by atoms with van der Waals surface area (Å²) in [5.74, 6) is 0.922. The molecule has 29 heavy (non-hydrogen) atoms. The number of carbonyl (C=O) groups is 1. The maximum atomic E-state index is 13.7. The van der Waals surface area contributed by atoms with E-state index < -0.39 is 5.82 Å².